The van der Waals surface area contributed by atoms with E-state index in [4.69, 9.17) is 11.6 Å². The number of nitrogens with zero attached hydrogens (tertiary/aromatic N) is 1. The van der Waals surface area contributed by atoms with Gasteiger partial charge in [0.15, 0.2) is 6.29 Å². The predicted molar refractivity (Wildman–Crippen MR) is 44.7 cm³/mol. The molecule has 0 aromatic carbocycles. The van der Waals surface area contributed by atoms with E-state index >= 15 is 0 Å². The van der Waals surface area contributed by atoms with Crippen LogP contribution in [0.2, 0.25) is 5.15 Å². The highest BCUT2D eigenvalue weighted by atomic mass is 35.5. The van der Waals surface area contributed by atoms with Crippen LogP contribution in [-0.2, 0) is 0 Å². The summed E-state index contributed by atoms with van der Waals surface area (Å²) in [6.07, 6.45) is 2.24. The van der Waals surface area contributed by atoms with Crippen LogP contribution in [0.15, 0.2) is 18.7 Å². The van der Waals surface area contributed by atoms with Crippen molar-refractivity contribution >= 4 is 24.0 Å². The molecule has 0 fully saturated rings. The molecule has 3 heteroatoms. The first kappa shape index (κ1) is 7.95. The first-order chi connectivity index (χ1) is 5.27. The number of pyridine rings is 1. The van der Waals surface area contributed by atoms with Crippen molar-refractivity contribution < 1.29 is 4.79 Å². The minimum absolute atomic E-state index is 0.220. The quantitative estimate of drug-likeness (QED) is 0.499. The summed E-state index contributed by atoms with van der Waals surface area (Å²) in [5, 5.41) is 0.220. The molecule has 56 valence electrons. The molecule has 1 aromatic rings. The summed E-state index contributed by atoms with van der Waals surface area (Å²) >= 11 is 5.62. The van der Waals surface area contributed by atoms with Gasteiger partial charge in [-0.2, -0.15) is 0 Å². The first-order valence-electron chi connectivity index (χ1n) is 3.02. The van der Waals surface area contributed by atoms with Gasteiger partial charge in [-0.1, -0.05) is 18.2 Å². The summed E-state index contributed by atoms with van der Waals surface area (Å²) < 4.78 is 0. The smallest absolute Gasteiger partial charge is 0.153 e. The summed E-state index contributed by atoms with van der Waals surface area (Å²) in [5.74, 6) is 0. The van der Waals surface area contributed by atoms with E-state index < -0.39 is 0 Å². The monoisotopic (exact) mass is 167 g/mol. The molecule has 0 saturated carbocycles. The molecule has 2 nitrogen and oxygen atoms in total. The molecule has 1 rings (SSSR count). The van der Waals surface area contributed by atoms with Crippen molar-refractivity contribution in [2.45, 2.75) is 0 Å². The van der Waals surface area contributed by atoms with E-state index in [1.54, 1.807) is 18.2 Å². The van der Waals surface area contributed by atoms with Gasteiger partial charge in [0, 0.05) is 0 Å². The Labute approximate surface area is 69.5 Å². The third-order valence-electron chi connectivity index (χ3n) is 1.24. The molecular weight excluding hydrogens is 162 g/mol. The zero-order valence-electron chi connectivity index (χ0n) is 5.75. The largest absolute Gasteiger partial charge is 0.298 e. The molecule has 1 aromatic heterocycles. The zero-order chi connectivity index (χ0) is 8.27. The lowest BCUT2D eigenvalue weighted by Crippen LogP contribution is -1.87. The first-order valence-corrected chi connectivity index (χ1v) is 3.40. The topological polar surface area (TPSA) is 30.0 Å². The van der Waals surface area contributed by atoms with Gasteiger partial charge < -0.3 is 0 Å². The number of carbonyl (C=O) groups is 1. The van der Waals surface area contributed by atoms with Crippen molar-refractivity contribution in [3.63, 3.8) is 0 Å². The van der Waals surface area contributed by atoms with E-state index in [1.165, 1.54) is 0 Å². The van der Waals surface area contributed by atoms with E-state index in [0.717, 1.165) is 0 Å². The van der Waals surface area contributed by atoms with E-state index in [-0.39, 0.29) is 5.15 Å². The normalized spacial score (nSPS) is 9.18. The average Bonchev–Trinajstić information content (AvgIpc) is 2.04. The molecule has 0 unspecified atom stereocenters. The third-order valence-corrected chi connectivity index (χ3v) is 1.54. The van der Waals surface area contributed by atoms with Crippen molar-refractivity contribution in [3.8, 4) is 0 Å². The van der Waals surface area contributed by atoms with E-state index in [2.05, 4.69) is 11.6 Å². The van der Waals surface area contributed by atoms with Crippen molar-refractivity contribution in [1.82, 2.24) is 4.98 Å². The van der Waals surface area contributed by atoms with Crippen molar-refractivity contribution in [3.05, 3.63) is 35.1 Å². The Hall–Kier alpha value is -1.15. The van der Waals surface area contributed by atoms with Crippen molar-refractivity contribution in [2.24, 2.45) is 0 Å². The maximum atomic E-state index is 10.3. The number of rotatable bonds is 2. The molecule has 0 saturated heterocycles. The number of halogens is 1. The van der Waals surface area contributed by atoms with Crippen LogP contribution in [0.5, 0.6) is 0 Å². The van der Waals surface area contributed by atoms with E-state index in [9.17, 15) is 4.79 Å². The second kappa shape index (κ2) is 3.30. The van der Waals surface area contributed by atoms with Gasteiger partial charge >= 0.3 is 0 Å². The number of aromatic nitrogens is 1. The van der Waals surface area contributed by atoms with Crippen LogP contribution < -0.4 is 0 Å². The van der Waals surface area contributed by atoms with Crippen LogP contribution in [-0.4, -0.2) is 11.3 Å². The predicted octanol–water partition coefficient (Wildman–Crippen LogP) is 2.19. The molecular formula is C8H6ClNO. The fraction of sp³-hybridized carbons (Fsp3) is 0. The maximum absolute atomic E-state index is 10.3. The minimum Gasteiger partial charge on any atom is -0.298 e. The lowest BCUT2D eigenvalue weighted by atomic mass is 10.3. The molecule has 0 atom stereocenters. The fourth-order valence-corrected chi connectivity index (χ4v) is 0.866. The number of hydrogen-bond acceptors (Lipinski definition) is 2. The zero-order valence-corrected chi connectivity index (χ0v) is 6.51. The molecule has 0 aliphatic carbocycles. The van der Waals surface area contributed by atoms with E-state index in [1.807, 2.05) is 0 Å². The molecule has 0 bridgehead atoms. The van der Waals surface area contributed by atoms with Gasteiger partial charge in [-0.3, -0.25) is 4.79 Å². The lowest BCUT2D eigenvalue weighted by Gasteiger charge is -1.95. The summed E-state index contributed by atoms with van der Waals surface area (Å²) in [4.78, 5) is 14.2. The summed E-state index contributed by atoms with van der Waals surface area (Å²) in [6, 6.07) is 3.29. The number of hydrogen-bond donors (Lipinski definition) is 0. The molecule has 0 aliphatic heterocycles. The van der Waals surface area contributed by atoms with Crippen LogP contribution in [0.3, 0.4) is 0 Å². The Morgan fingerprint density at radius 1 is 1.55 bits per heavy atom. The standard InChI is InChI=1S/C8H6ClNO/c1-2-7-4-3-6(5-11)8(9)10-7/h2-5H,1H2. The Balaban J connectivity index is 3.18. The van der Waals surface area contributed by atoms with Crippen LogP contribution in [0.25, 0.3) is 6.08 Å². The molecule has 1 heterocycles. The summed E-state index contributed by atoms with van der Waals surface area (Å²) in [7, 11) is 0. The lowest BCUT2D eigenvalue weighted by molar-refractivity contribution is 0.112. The van der Waals surface area contributed by atoms with Gasteiger partial charge in [0.25, 0.3) is 0 Å². The molecule has 0 aliphatic rings. The van der Waals surface area contributed by atoms with Gasteiger partial charge in [-0.15, -0.1) is 0 Å². The highest BCUT2D eigenvalue weighted by Crippen LogP contribution is 2.11. The van der Waals surface area contributed by atoms with Gasteiger partial charge in [0.05, 0.1) is 11.3 Å². The highest BCUT2D eigenvalue weighted by molar-refractivity contribution is 6.31. The third kappa shape index (κ3) is 1.65. The van der Waals surface area contributed by atoms with Gasteiger partial charge in [-0.05, 0) is 18.2 Å². The SMILES string of the molecule is C=Cc1ccc(C=O)c(Cl)n1. The molecule has 0 spiro atoms. The highest BCUT2D eigenvalue weighted by Gasteiger charge is 1.98. The number of aldehydes is 1. The Morgan fingerprint density at radius 2 is 2.27 bits per heavy atom. The van der Waals surface area contributed by atoms with Gasteiger partial charge in [-0.25, -0.2) is 4.98 Å². The summed E-state index contributed by atoms with van der Waals surface area (Å²) in [6.45, 7) is 3.52. The second-order valence-electron chi connectivity index (χ2n) is 1.94. The molecule has 0 N–H and O–H groups in total. The summed E-state index contributed by atoms with van der Waals surface area (Å²) in [5.41, 5.74) is 1.07. The van der Waals surface area contributed by atoms with Crippen molar-refractivity contribution in [1.29, 1.82) is 0 Å². The Kier molecular flexibility index (Phi) is 2.39. The maximum Gasteiger partial charge on any atom is 0.153 e. The van der Waals surface area contributed by atoms with Crippen LogP contribution in [0.1, 0.15) is 16.1 Å². The fourth-order valence-electron chi connectivity index (χ4n) is 0.661. The van der Waals surface area contributed by atoms with Crippen LogP contribution in [0, 0.1) is 0 Å². The van der Waals surface area contributed by atoms with E-state index in [0.29, 0.717) is 17.5 Å². The van der Waals surface area contributed by atoms with Crippen molar-refractivity contribution in [2.75, 3.05) is 0 Å². The van der Waals surface area contributed by atoms with Crippen LogP contribution in [0.4, 0.5) is 0 Å². The minimum atomic E-state index is 0.220. The Morgan fingerprint density at radius 3 is 2.73 bits per heavy atom. The molecule has 0 radical (unpaired) electrons. The number of carbonyl (C=O) groups excluding carboxylic acids is 1. The Bertz CT molecular complexity index is 296. The average molecular weight is 168 g/mol. The molecule has 11 heavy (non-hydrogen) atoms. The second-order valence-corrected chi connectivity index (χ2v) is 2.30. The van der Waals surface area contributed by atoms with Gasteiger partial charge in [0.2, 0.25) is 0 Å². The van der Waals surface area contributed by atoms with Crippen LogP contribution >= 0.6 is 11.6 Å². The molecule has 0 amide bonds. The van der Waals surface area contributed by atoms with Gasteiger partial charge in [0.1, 0.15) is 5.15 Å².